The number of rotatable bonds is 11. The smallest absolute Gasteiger partial charge is 0.400 e. The molecule has 0 spiro atoms. The largest absolute Gasteiger partial charge is 0.433 e. The summed E-state index contributed by atoms with van der Waals surface area (Å²) in [6.07, 6.45) is 1.95. The Bertz CT molecular complexity index is 1510. The van der Waals surface area contributed by atoms with E-state index in [1.807, 2.05) is 10.1 Å². The van der Waals surface area contributed by atoms with Crippen LogP contribution in [0.1, 0.15) is 21.9 Å². The van der Waals surface area contributed by atoms with Gasteiger partial charge >= 0.3 is 11.8 Å². The van der Waals surface area contributed by atoms with Crippen LogP contribution < -0.4 is 15.6 Å². The minimum Gasteiger partial charge on any atom is -0.400 e. The van der Waals surface area contributed by atoms with E-state index in [2.05, 4.69) is 15.6 Å². The monoisotopic (exact) mass is 533 g/mol. The molecule has 0 aliphatic heterocycles. The van der Waals surface area contributed by atoms with Crippen LogP contribution in [-0.2, 0) is 14.8 Å². The van der Waals surface area contributed by atoms with Crippen LogP contribution in [0.5, 0.6) is 0 Å². The zero-order chi connectivity index (χ0) is 27.0. The van der Waals surface area contributed by atoms with Crippen LogP contribution >= 0.6 is 0 Å². The molecular weight excluding hydrogens is 518 g/mol. The van der Waals surface area contributed by atoms with Gasteiger partial charge in [0.05, 0.1) is 41.6 Å². The molecule has 192 valence electrons. The van der Waals surface area contributed by atoms with Crippen molar-refractivity contribution in [3.63, 3.8) is 0 Å². The highest BCUT2D eigenvalue weighted by Gasteiger charge is 2.23. The summed E-state index contributed by atoms with van der Waals surface area (Å²) in [5.41, 5.74) is 3.77. The second-order valence-electron chi connectivity index (χ2n) is 6.68. The molecule has 3 rings (SSSR count). The Morgan fingerprint density at radius 1 is 0.865 bits per heavy atom. The van der Waals surface area contributed by atoms with Gasteiger partial charge in [-0.25, -0.2) is 24.0 Å². The van der Waals surface area contributed by atoms with Crippen LogP contribution in [0.2, 0.25) is 0 Å². The van der Waals surface area contributed by atoms with Gasteiger partial charge in [-0.05, 0) is 24.3 Å². The van der Waals surface area contributed by atoms with Gasteiger partial charge in [0.1, 0.15) is 9.85 Å². The Balaban J connectivity index is 1.59. The highest BCUT2D eigenvalue weighted by Crippen LogP contribution is 2.16. The van der Waals surface area contributed by atoms with Crippen molar-refractivity contribution in [2.24, 2.45) is 10.2 Å². The van der Waals surface area contributed by atoms with E-state index in [0.717, 1.165) is 30.6 Å². The number of nitro groups is 2. The molecule has 1 aromatic carbocycles. The van der Waals surface area contributed by atoms with E-state index in [1.54, 1.807) is 0 Å². The number of benzene rings is 1. The first-order valence-electron chi connectivity index (χ1n) is 9.79. The molecule has 0 saturated heterocycles. The van der Waals surface area contributed by atoms with Crippen LogP contribution in [0.4, 0.5) is 11.8 Å². The molecule has 2 heterocycles. The highest BCUT2D eigenvalue weighted by molar-refractivity contribution is 7.89. The van der Waals surface area contributed by atoms with Crippen molar-refractivity contribution in [3.8, 4) is 0 Å². The van der Waals surface area contributed by atoms with E-state index in [-0.39, 0.29) is 17.1 Å². The second kappa shape index (κ2) is 11.5. The second-order valence-corrected chi connectivity index (χ2v) is 8.41. The summed E-state index contributed by atoms with van der Waals surface area (Å²) >= 11 is 0. The lowest BCUT2D eigenvalue weighted by Crippen LogP contribution is -2.36. The zero-order valence-electron chi connectivity index (χ0n) is 18.3. The molecular formula is C19H15N7O10S. The van der Waals surface area contributed by atoms with E-state index in [0.29, 0.717) is 0 Å². The van der Waals surface area contributed by atoms with E-state index >= 15 is 0 Å². The van der Waals surface area contributed by atoms with Gasteiger partial charge in [0, 0.05) is 0 Å². The van der Waals surface area contributed by atoms with Crippen molar-refractivity contribution in [3.05, 3.63) is 85.8 Å². The average molecular weight is 533 g/mol. The molecule has 0 bridgehead atoms. The molecule has 37 heavy (non-hydrogen) atoms. The fraction of sp³-hybridized carbons (Fsp3) is 0.0526. The van der Waals surface area contributed by atoms with Crippen LogP contribution in [0, 0.1) is 20.2 Å². The van der Waals surface area contributed by atoms with E-state index in [4.69, 9.17) is 8.83 Å². The molecule has 3 N–H and O–H groups in total. The normalized spacial score (nSPS) is 11.6. The molecule has 0 radical (unpaired) electrons. The first kappa shape index (κ1) is 26.4. The molecule has 0 saturated carbocycles. The third kappa shape index (κ3) is 7.13. The number of hydrogen-bond acceptors (Lipinski definition) is 12. The van der Waals surface area contributed by atoms with Gasteiger partial charge in [-0.1, -0.05) is 12.1 Å². The minimum atomic E-state index is -4.36. The fourth-order valence-corrected chi connectivity index (χ4v) is 3.75. The van der Waals surface area contributed by atoms with Crippen molar-refractivity contribution in [2.75, 3.05) is 6.54 Å². The number of hydrazone groups is 2. The van der Waals surface area contributed by atoms with Crippen LogP contribution in [0.15, 0.2) is 72.5 Å². The minimum absolute atomic E-state index is 0.0274. The molecule has 2 amide bonds. The Hall–Kier alpha value is -5.23. The number of carbonyl (C=O) groups is 2. The predicted octanol–water partition coefficient (Wildman–Crippen LogP) is 0.881. The topological polar surface area (TPSA) is 242 Å². The lowest BCUT2D eigenvalue weighted by Gasteiger charge is -2.10. The quantitative estimate of drug-likeness (QED) is 0.178. The fourth-order valence-electron chi connectivity index (χ4n) is 2.57. The summed E-state index contributed by atoms with van der Waals surface area (Å²) in [5.74, 6) is -2.94. The molecule has 3 aromatic rings. The van der Waals surface area contributed by atoms with E-state index < -0.39 is 54.9 Å². The zero-order valence-corrected chi connectivity index (χ0v) is 19.1. The summed E-state index contributed by atoms with van der Waals surface area (Å²) in [6.45, 7) is -0.761. The lowest BCUT2D eigenvalue weighted by atomic mass is 10.2. The number of sulfonamides is 1. The summed E-state index contributed by atoms with van der Waals surface area (Å²) in [5, 5.41) is 28.3. The molecule has 0 unspecified atom stereocenters. The number of amides is 2. The van der Waals surface area contributed by atoms with Crippen molar-refractivity contribution in [1.29, 1.82) is 0 Å². The van der Waals surface area contributed by atoms with Gasteiger partial charge in [-0.15, -0.1) is 0 Å². The molecule has 0 atom stereocenters. The van der Waals surface area contributed by atoms with Crippen LogP contribution in [-0.4, -0.2) is 49.1 Å². The molecule has 17 nitrogen and oxygen atoms in total. The Morgan fingerprint density at radius 3 is 1.95 bits per heavy atom. The van der Waals surface area contributed by atoms with E-state index in [1.165, 1.54) is 30.3 Å². The van der Waals surface area contributed by atoms with Crippen molar-refractivity contribution in [2.45, 2.75) is 4.90 Å². The number of furan rings is 2. The maximum absolute atomic E-state index is 12.7. The molecule has 0 aliphatic rings. The first-order chi connectivity index (χ1) is 17.6. The average Bonchev–Trinajstić information content (AvgIpc) is 3.53. The predicted molar refractivity (Wildman–Crippen MR) is 123 cm³/mol. The highest BCUT2D eigenvalue weighted by atomic mass is 32.2. The van der Waals surface area contributed by atoms with Crippen molar-refractivity contribution in [1.82, 2.24) is 15.6 Å². The summed E-state index contributed by atoms with van der Waals surface area (Å²) in [7, 11) is -4.36. The third-order valence-corrected chi connectivity index (χ3v) is 5.63. The third-order valence-electron chi connectivity index (χ3n) is 4.17. The first-order valence-corrected chi connectivity index (χ1v) is 11.3. The number of carbonyl (C=O) groups excluding carboxylic acids is 2. The standard InChI is InChI=1S/C19H15N7O10S/c27-16(23-20-9-12-5-7-17(35-12)25(29)30)11-22-37(33,34)15-4-2-1-3-14(15)19(28)24-21-10-13-6-8-18(36-13)26(31)32/h1-10,22H,11H2,(H,23,27)(H,24,28)/b20-9+,21-10+. The summed E-state index contributed by atoms with van der Waals surface area (Å²) in [4.78, 5) is 43.6. The Morgan fingerprint density at radius 2 is 1.41 bits per heavy atom. The van der Waals surface area contributed by atoms with Gasteiger partial charge < -0.3 is 8.83 Å². The Labute approximate surface area is 206 Å². The number of hydrogen-bond donors (Lipinski definition) is 3. The maximum Gasteiger partial charge on any atom is 0.433 e. The number of nitrogens with zero attached hydrogens (tertiary/aromatic N) is 4. The van der Waals surface area contributed by atoms with Gasteiger partial charge in [0.25, 0.3) is 11.8 Å². The van der Waals surface area contributed by atoms with Crippen molar-refractivity contribution < 1.29 is 36.7 Å². The van der Waals surface area contributed by atoms with Gasteiger partial charge in [0.2, 0.25) is 10.0 Å². The van der Waals surface area contributed by atoms with Crippen LogP contribution in [0.3, 0.4) is 0 Å². The molecule has 2 aromatic heterocycles. The Kier molecular flexibility index (Phi) is 8.17. The maximum atomic E-state index is 12.7. The molecule has 0 fully saturated rings. The molecule has 0 aliphatic carbocycles. The lowest BCUT2D eigenvalue weighted by molar-refractivity contribution is -0.402. The van der Waals surface area contributed by atoms with Gasteiger partial charge in [0.15, 0.2) is 11.5 Å². The van der Waals surface area contributed by atoms with Crippen molar-refractivity contribution >= 4 is 46.0 Å². The van der Waals surface area contributed by atoms with Gasteiger partial charge in [-0.2, -0.15) is 10.2 Å². The number of nitrogens with one attached hydrogen (secondary N) is 3. The molecule has 18 heteroatoms. The summed E-state index contributed by atoms with van der Waals surface area (Å²) in [6, 6.07) is 9.71. The van der Waals surface area contributed by atoms with E-state index in [9.17, 15) is 38.2 Å². The van der Waals surface area contributed by atoms with Gasteiger partial charge in [-0.3, -0.25) is 29.8 Å². The van der Waals surface area contributed by atoms with Crippen LogP contribution in [0.25, 0.3) is 0 Å². The SMILES string of the molecule is O=C(CNS(=O)(=O)c1ccccc1C(=O)N/N=C/c1ccc([N+](=O)[O-])o1)N/N=C/c1ccc([N+](=O)[O-])o1. The summed E-state index contributed by atoms with van der Waals surface area (Å²) < 4.78 is 37.0.